The van der Waals surface area contributed by atoms with E-state index in [1.165, 1.54) is 71.8 Å². The molecule has 295 valence electrons. The summed E-state index contributed by atoms with van der Waals surface area (Å²) in [5, 5.41) is 3.60. The second-order valence-electron chi connectivity index (χ2n) is 15.9. The van der Waals surface area contributed by atoms with Crippen molar-refractivity contribution in [1.29, 1.82) is 0 Å². The van der Waals surface area contributed by atoms with Crippen molar-refractivity contribution in [2.45, 2.75) is 41.5 Å². The van der Waals surface area contributed by atoms with Crippen LogP contribution in [0.2, 0.25) is 0 Å². The van der Waals surface area contributed by atoms with Crippen molar-refractivity contribution in [2.24, 2.45) is 0 Å². The first-order chi connectivity index (χ1) is 28.0. The van der Waals surface area contributed by atoms with E-state index in [0.29, 0.717) is 0 Å². The van der Waals surface area contributed by atoms with Crippen LogP contribution in [0, 0.1) is 41.5 Å². The van der Waals surface area contributed by atoms with E-state index in [1.54, 1.807) is 0 Å². The average Bonchev–Trinajstić information content (AvgIpc) is 3.80. The van der Waals surface area contributed by atoms with Crippen molar-refractivity contribution in [3.63, 3.8) is 0 Å². The summed E-state index contributed by atoms with van der Waals surface area (Å²) >= 11 is 0. The molecule has 7 aromatic carbocycles. The third kappa shape index (κ3) is 5.65. The van der Waals surface area contributed by atoms with Crippen molar-refractivity contribution in [3.8, 4) is 11.1 Å². The van der Waals surface area contributed by atoms with Gasteiger partial charge in [0, 0.05) is 0 Å². The second kappa shape index (κ2) is 14.7. The number of nitrogens with zero attached hydrogens (tertiary/aromatic N) is 2. The van der Waals surface area contributed by atoms with Gasteiger partial charge in [0.05, 0.1) is 0 Å². The summed E-state index contributed by atoms with van der Waals surface area (Å²) in [4.78, 5) is 5.17. The molecule has 1 heterocycles. The Morgan fingerprint density at radius 3 is 1.03 bits per heavy atom. The van der Waals surface area contributed by atoms with Crippen LogP contribution in [0.1, 0.15) is 44.5 Å². The molecule has 0 bridgehead atoms. The molecular formula is C52H50Cl2N2PRu. The third-order valence-corrected chi connectivity index (χ3v) is 44.5. The fourth-order valence-electron chi connectivity index (χ4n) is 10.1. The molecule has 2 nitrogen and oxygen atoms in total. The molecule has 0 atom stereocenters. The number of hydrogen-bond donors (Lipinski definition) is 0. The van der Waals surface area contributed by atoms with Crippen LogP contribution in [0.5, 0.6) is 0 Å². The first-order valence-electron chi connectivity index (χ1n) is 20.0. The Balaban J connectivity index is 1.69. The van der Waals surface area contributed by atoms with E-state index < -0.39 is 15.8 Å². The molecule has 0 saturated carbocycles. The van der Waals surface area contributed by atoms with Gasteiger partial charge in [0.1, 0.15) is 0 Å². The van der Waals surface area contributed by atoms with Gasteiger partial charge in [0.2, 0.25) is 0 Å². The SMILES string of the molecule is Cc1cc(C)c(N2CCN(c3c(C)cc(C)cc3C)[C]2=[Ru]([Cl])([Cl])(=[C]2c3ccccc3-c3ccccc32)[PH](c2ccccc2)(c2ccccc2)c2ccccc2)c(C)c1. The Morgan fingerprint density at radius 2 is 0.707 bits per heavy atom. The molecule has 1 aliphatic heterocycles. The van der Waals surface area contributed by atoms with Gasteiger partial charge in [-0.25, -0.2) is 0 Å². The van der Waals surface area contributed by atoms with Crippen molar-refractivity contribution in [1.82, 2.24) is 0 Å². The third-order valence-electron chi connectivity index (χ3n) is 11.9. The zero-order valence-corrected chi connectivity index (χ0v) is 38.3. The summed E-state index contributed by atoms with van der Waals surface area (Å²) in [6, 6.07) is 60.3. The van der Waals surface area contributed by atoms with Crippen LogP contribution in [0.25, 0.3) is 11.1 Å². The monoisotopic (exact) mass is 905 g/mol. The standard InChI is InChI=1S/C21H26N2.C18H15P.C13H8.2ClH.Ru/c1-14-9-16(3)20(17(4)10-14)22-7-8-23(13-22)21-18(5)11-15(2)12-19(21)6;1-4-10-16(11-5-1)19(17-12-6-2-7-13-17)18-14-8-3-9-15-18;1-3-7-12-10(5-1)9-11-6-2-4-8-13(11)12;;;/h9-12H,7-8H2,1-6H3;1-15H;1-8H;2*1H;/q;;;;;+1/p-1. The Hall–Kier alpha value is -4.49. The number of aryl methyl sites for hydroxylation is 6. The fraction of sp³-hybridized carbons (Fsp3) is 0.154. The summed E-state index contributed by atoms with van der Waals surface area (Å²) in [5.74, 6) is 0. The Morgan fingerprint density at radius 1 is 0.414 bits per heavy atom. The van der Waals surface area contributed by atoms with Crippen molar-refractivity contribution >= 4 is 60.7 Å². The zero-order chi connectivity index (χ0) is 40.4. The Kier molecular flexibility index (Phi) is 9.85. The molecule has 0 spiro atoms. The van der Waals surface area contributed by atoms with Gasteiger partial charge in [-0.2, -0.15) is 0 Å². The molecule has 9 rings (SSSR count). The quantitative estimate of drug-likeness (QED) is 0.121. The predicted octanol–water partition coefficient (Wildman–Crippen LogP) is 11.8. The molecule has 1 saturated heterocycles. The molecule has 7 aromatic rings. The van der Waals surface area contributed by atoms with Crippen LogP contribution in [0.3, 0.4) is 0 Å². The first kappa shape index (κ1) is 39.0. The zero-order valence-electron chi connectivity index (χ0n) is 34.0. The number of hydrogen-bond acceptors (Lipinski definition) is 2. The maximum atomic E-state index is 9.80. The maximum absolute atomic E-state index is 9.80. The van der Waals surface area contributed by atoms with Crippen molar-refractivity contribution < 1.29 is 10.2 Å². The molecular weight excluding hydrogens is 856 g/mol. The molecule has 0 amide bonds. The van der Waals surface area contributed by atoms with E-state index in [9.17, 15) is 19.4 Å². The summed E-state index contributed by atoms with van der Waals surface area (Å²) in [6.07, 6.45) is 0. The van der Waals surface area contributed by atoms with Crippen LogP contribution in [-0.4, -0.2) is 21.6 Å². The first-order valence-corrected chi connectivity index (χ1v) is 30.7. The number of rotatable bonds is 6. The van der Waals surface area contributed by atoms with Gasteiger partial charge in [0.15, 0.2) is 0 Å². The molecule has 58 heavy (non-hydrogen) atoms. The fourth-order valence-corrected chi connectivity index (χ4v) is 48.0. The van der Waals surface area contributed by atoms with Gasteiger partial charge in [-0.05, 0) is 0 Å². The summed E-state index contributed by atoms with van der Waals surface area (Å²) in [5.41, 5.74) is 10.7. The summed E-state index contributed by atoms with van der Waals surface area (Å²) in [7, 11) is 13.9. The van der Waals surface area contributed by atoms with E-state index in [2.05, 4.69) is 215 Å². The van der Waals surface area contributed by atoms with Gasteiger partial charge in [-0.15, -0.1) is 0 Å². The number of anilines is 2. The summed E-state index contributed by atoms with van der Waals surface area (Å²) in [6.45, 7) is 14.9. The van der Waals surface area contributed by atoms with E-state index in [0.717, 1.165) is 32.7 Å². The minimum atomic E-state index is -5.72. The minimum absolute atomic E-state index is 0.738. The molecule has 0 unspecified atom stereocenters. The van der Waals surface area contributed by atoms with Gasteiger partial charge < -0.3 is 0 Å². The Labute approximate surface area is 352 Å². The van der Waals surface area contributed by atoms with Crippen LogP contribution in [0.4, 0.5) is 11.4 Å². The van der Waals surface area contributed by atoms with Crippen molar-refractivity contribution in [3.05, 3.63) is 208 Å². The molecule has 1 fully saturated rings. The molecule has 6 heteroatoms. The van der Waals surface area contributed by atoms with Crippen LogP contribution in [-0.2, 0) is 10.2 Å². The summed E-state index contributed by atoms with van der Waals surface area (Å²) < 4.78 is 2.15. The van der Waals surface area contributed by atoms with Crippen LogP contribution < -0.4 is 25.7 Å². The predicted molar refractivity (Wildman–Crippen MR) is 254 cm³/mol. The molecule has 0 N–H and O–H groups in total. The van der Waals surface area contributed by atoms with Gasteiger partial charge in [-0.3, -0.25) is 0 Å². The molecule has 1 aliphatic carbocycles. The van der Waals surface area contributed by atoms with E-state index in [-0.39, 0.29) is 0 Å². The topological polar surface area (TPSA) is 6.48 Å². The number of fused-ring (bicyclic) bond motifs is 3. The average molecular weight is 906 g/mol. The van der Waals surface area contributed by atoms with Gasteiger partial charge in [-0.1, -0.05) is 0 Å². The molecule has 0 radical (unpaired) electrons. The molecule has 2 aliphatic rings. The second-order valence-corrected chi connectivity index (χ2v) is 42.0. The number of benzene rings is 7. The van der Waals surface area contributed by atoms with Crippen LogP contribution >= 0.6 is 25.0 Å². The normalized spacial score (nSPS) is 14.9. The molecule has 0 aromatic heterocycles. The van der Waals surface area contributed by atoms with Gasteiger partial charge >= 0.3 is 355 Å². The van der Waals surface area contributed by atoms with Crippen LogP contribution in [0.15, 0.2) is 164 Å². The van der Waals surface area contributed by atoms with Gasteiger partial charge in [0.25, 0.3) is 0 Å². The number of halogens is 2. The Bertz CT molecular complexity index is 2650. The van der Waals surface area contributed by atoms with E-state index >= 15 is 0 Å². The van der Waals surface area contributed by atoms with E-state index in [4.69, 9.17) is 0 Å². The van der Waals surface area contributed by atoms with Crippen molar-refractivity contribution in [2.75, 3.05) is 22.9 Å². The van der Waals surface area contributed by atoms with E-state index in [1.807, 2.05) is 0 Å².